The normalized spacial score (nSPS) is 11.8. The molecule has 134 valence electrons. The molecule has 3 rings (SSSR count). The minimum atomic E-state index is -0.460. The van der Waals surface area contributed by atoms with Crippen molar-refractivity contribution in [3.05, 3.63) is 72.0 Å². The number of hydrogen-bond acceptors (Lipinski definition) is 3. The molecule has 0 spiro atoms. The van der Waals surface area contributed by atoms with Crippen LogP contribution in [0.5, 0.6) is 11.5 Å². The van der Waals surface area contributed by atoms with Gasteiger partial charge >= 0.3 is 0 Å². The molecule has 4 nitrogen and oxygen atoms in total. The Morgan fingerprint density at radius 1 is 1.08 bits per heavy atom. The third-order valence-corrected chi connectivity index (χ3v) is 4.14. The lowest BCUT2D eigenvalue weighted by Crippen LogP contribution is -2.31. The van der Waals surface area contributed by atoms with Crippen LogP contribution >= 0.6 is 0 Å². The van der Waals surface area contributed by atoms with Crippen LogP contribution in [-0.2, 0) is 4.79 Å². The van der Waals surface area contributed by atoms with Gasteiger partial charge in [0.2, 0.25) is 0 Å². The summed E-state index contributed by atoms with van der Waals surface area (Å²) in [5.74, 6) is 0.0642. The van der Waals surface area contributed by atoms with E-state index < -0.39 is 5.82 Å². The Morgan fingerprint density at radius 3 is 2.58 bits per heavy atom. The van der Waals surface area contributed by atoms with E-state index in [0.717, 1.165) is 10.8 Å². The van der Waals surface area contributed by atoms with Gasteiger partial charge in [0.05, 0.1) is 13.2 Å². The second kappa shape index (κ2) is 7.87. The second-order valence-corrected chi connectivity index (χ2v) is 5.98. The molecule has 3 aromatic carbocycles. The molecule has 1 atom stereocenters. The van der Waals surface area contributed by atoms with Gasteiger partial charge in [-0.25, -0.2) is 4.39 Å². The van der Waals surface area contributed by atoms with Crippen LogP contribution in [0.1, 0.15) is 18.5 Å². The number of hydrogen-bond donors (Lipinski definition) is 1. The van der Waals surface area contributed by atoms with E-state index in [2.05, 4.69) is 5.32 Å². The summed E-state index contributed by atoms with van der Waals surface area (Å²) in [5.41, 5.74) is 0.655. The maximum atomic E-state index is 13.8. The van der Waals surface area contributed by atoms with E-state index >= 15 is 0 Å². The number of fused-ring (bicyclic) bond motifs is 1. The zero-order chi connectivity index (χ0) is 18.5. The topological polar surface area (TPSA) is 47.6 Å². The summed E-state index contributed by atoms with van der Waals surface area (Å²) < 4.78 is 24.2. The van der Waals surface area contributed by atoms with E-state index in [1.54, 1.807) is 19.1 Å². The SMILES string of the molecule is COc1ccc(C(C)NC(=O)COc2ccc3ccccc3c2)cc1F. The number of rotatable bonds is 6. The summed E-state index contributed by atoms with van der Waals surface area (Å²) in [4.78, 5) is 12.1. The van der Waals surface area contributed by atoms with Crippen LogP contribution in [0, 0.1) is 5.82 Å². The van der Waals surface area contributed by atoms with Crippen molar-refractivity contribution in [1.29, 1.82) is 0 Å². The zero-order valence-corrected chi connectivity index (χ0v) is 14.7. The molecule has 1 amide bonds. The first-order chi connectivity index (χ1) is 12.6. The van der Waals surface area contributed by atoms with Crippen molar-refractivity contribution in [1.82, 2.24) is 5.32 Å². The van der Waals surface area contributed by atoms with Gasteiger partial charge in [-0.2, -0.15) is 0 Å². The van der Waals surface area contributed by atoms with Gasteiger partial charge in [-0.15, -0.1) is 0 Å². The highest BCUT2D eigenvalue weighted by Gasteiger charge is 2.13. The number of benzene rings is 3. The molecule has 0 bridgehead atoms. The Bertz CT molecular complexity index is 926. The van der Waals surface area contributed by atoms with Crippen LogP contribution < -0.4 is 14.8 Å². The lowest BCUT2D eigenvalue weighted by molar-refractivity contribution is -0.123. The first-order valence-electron chi connectivity index (χ1n) is 8.31. The van der Waals surface area contributed by atoms with Crippen molar-refractivity contribution < 1.29 is 18.7 Å². The summed E-state index contributed by atoms with van der Waals surface area (Å²) in [5, 5.41) is 4.96. The van der Waals surface area contributed by atoms with E-state index in [-0.39, 0.29) is 24.3 Å². The number of methoxy groups -OCH3 is 1. The molecule has 0 fully saturated rings. The third-order valence-electron chi connectivity index (χ3n) is 4.14. The van der Waals surface area contributed by atoms with Crippen molar-refractivity contribution in [3.8, 4) is 11.5 Å². The average Bonchev–Trinajstić information content (AvgIpc) is 2.66. The fourth-order valence-electron chi connectivity index (χ4n) is 2.72. The Morgan fingerprint density at radius 2 is 1.85 bits per heavy atom. The Balaban J connectivity index is 1.58. The number of amides is 1. The van der Waals surface area contributed by atoms with Crippen LogP contribution in [0.25, 0.3) is 10.8 Å². The molecule has 3 aromatic rings. The zero-order valence-electron chi connectivity index (χ0n) is 14.7. The molecule has 0 heterocycles. The van der Waals surface area contributed by atoms with Crippen molar-refractivity contribution in [2.45, 2.75) is 13.0 Å². The van der Waals surface area contributed by atoms with E-state index in [0.29, 0.717) is 11.3 Å². The van der Waals surface area contributed by atoms with Crippen molar-refractivity contribution in [3.63, 3.8) is 0 Å². The lowest BCUT2D eigenvalue weighted by Gasteiger charge is -2.15. The predicted octanol–water partition coefficient (Wildman–Crippen LogP) is 4.24. The predicted molar refractivity (Wildman–Crippen MR) is 99.0 cm³/mol. The van der Waals surface area contributed by atoms with Crippen molar-refractivity contribution in [2.24, 2.45) is 0 Å². The molecular formula is C21H20FNO3. The van der Waals surface area contributed by atoms with E-state index in [9.17, 15) is 9.18 Å². The molecule has 5 heteroatoms. The van der Waals surface area contributed by atoms with E-state index in [1.807, 2.05) is 42.5 Å². The maximum Gasteiger partial charge on any atom is 0.258 e. The van der Waals surface area contributed by atoms with Gasteiger partial charge in [-0.3, -0.25) is 4.79 Å². The monoisotopic (exact) mass is 353 g/mol. The molecule has 1 unspecified atom stereocenters. The minimum Gasteiger partial charge on any atom is -0.494 e. The Kier molecular flexibility index (Phi) is 5.37. The Labute approximate surface area is 151 Å². The largest absolute Gasteiger partial charge is 0.494 e. The summed E-state index contributed by atoms with van der Waals surface area (Å²) >= 11 is 0. The standard InChI is InChI=1S/C21H20FNO3/c1-14(16-8-10-20(25-2)19(22)12-16)23-21(24)13-26-18-9-7-15-5-3-4-6-17(15)11-18/h3-12,14H,13H2,1-2H3,(H,23,24). The first kappa shape index (κ1) is 17.7. The molecule has 26 heavy (non-hydrogen) atoms. The lowest BCUT2D eigenvalue weighted by atomic mass is 10.1. The second-order valence-electron chi connectivity index (χ2n) is 5.98. The smallest absolute Gasteiger partial charge is 0.258 e. The van der Waals surface area contributed by atoms with Gasteiger partial charge in [0.1, 0.15) is 5.75 Å². The minimum absolute atomic E-state index is 0.110. The number of nitrogens with one attached hydrogen (secondary N) is 1. The van der Waals surface area contributed by atoms with Gasteiger partial charge in [0, 0.05) is 0 Å². The van der Waals surface area contributed by atoms with Gasteiger partial charge in [-0.1, -0.05) is 36.4 Å². The van der Waals surface area contributed by atoms with Crippen molar-refractivity contribution in [2.75, 3.05) is 13.7 Å². The summed E-state index contributed by atoms with van der Waals surface area (Å²) in [7, 11) is 1.41. The molecule has 0 saturated heterocycles. The summed E-state index contributed by atoms with van der Waals surface area (Å²) in [6.07, 6.45) is 0. The highest BCUT2D eigenvalue weighted by Crippen LogP contribution is 2.22. The van der Waals surface area contributed by atoms with E-state index in [4.69, 9.17) is 9.47 Å². The first-order valence-corrected chi connectivity index (χ1v) is 8.31. The molecule has 0 saturated carbocycles. The number of carbonyl (C=O) groups is 1. The quantitative estimate of drug-likeness (QED) is 0.721. The maximum absolute atomic E-state index is 13.8. The molecule has 0 aliphatic carbocycles. The molecule has 0 radical (unpaired) electrons. The molecule has 0 aliphatic rings. The summed E-state index contributed by atoms with van der Waals surface area (Å²) in [6.45, 7) is 1.68. The van der Waals surface area contributed by atoms with Gasteiger partial charge < -0.3 is 14.8 Å². The summed E-state index contributed by atoms with van der Waals surface area (Å²) in [6, 6.07) is 17.9. The number of halogens is 1. The van der Waals surface area contributed by atoms with E-state index in [1.165, 1.54) is 13.2 Å². The van der Waals surface area contributed by atoms with Crippen LogP contribution in [-0.4, -0.2) is 19.6 Å². The molecule has 0 aromatic heterocycles. The molecular weight excluding hydrogens is 333 g/mol. The van der Waals surface area contributed by atoms with Gasteiger partial charge in [0.25, 0.3) is 5.91 Å². The fourth-order valence-corrected chi connectivity index (χ4v) is 2.72. The van der Waals surface area contributed by atoms with Gasteiger partial charge in [0.15, 0.2) is 18.2 Å². The highest BCUT2D eigenvalue weighted by molar-refractivity contribution is 5.84. The van der Waals surface area contributed by atoms with Gasteiger partial charge in [-0.05, 0) is 47.5 Å². The fraction of sp³-hybridized carbons (Fsp3) is 0.190. The van der Waals surface area contributed by atoms with Crippen LogP contribution in [0.4, 0.5) is 4.39 Å². The highest BCUT2D eigenvalue weighted by atomic mass is 19.1. The van der Waals surface area contributed by atoms with Crippen molar-refractivity contribution >= 4 is 16.7 Å². The molecule has 1 N–H and O–H groups in total. The van der Waals surface area contributed by atoms with Crippen LogP contribution in [0.15, 0.2) is 60.7 Å². The molecule has 0 aliphatic heterocycles. The van der Waals surface area contributed by atoms with Crippen LogP contribution in [0.3, 0.4) is 0 Å². The third kappa shape index (κ3) is 4.11. The van der Waals surface area contributed by atoms with Crippen LogP contribution in [0.2, 0.25) is 0 Å². The average molecular weight is 353 g/mol. The number of ether oxygens (including phenoxy) is 2. The Hall–Kier alpha value is -3.08. The number of carbonyl (C=O) groups excluding carboxylic acids is 1.